The van der Waals surface area contributed by atoms with Gasteiger partial charge in [-0.2, -0.15) is 5.10 Å². The second-order valence-electron chi connectivity index (χ2n) is 8.09. The number of halogens is 2. The van der Waals surface area contributed by atoms with Crippen LogP contribution in [0.5, 0.6) is 5.75 Å². The minimum atomic E-state index is -0.0559. The van der Waals surface area contributed by atoms with Gasteiger partial charge in [-0.25, -0.2) is 4.68 Å². The van der Waals surface area contributed by atoms with E-state index in [1.54, 1.807) is 23.0 Å². The molecule has 0 unspecified atom stereocenters. The Balaban J connectivity index is 1.30. The fourth-order valence-corrected chi connectivity index (χ4v) is 4.18. The summed E-state index contributed by atoms with van der Waals surface area (Å²) in [6, 6.07) is 13.4. The van der Waals surface area contributed by atoms with Crippen LogP contribution in [0.4, 0.5) is 0 Å². The molecule has 3 aromatic rings. The summed E-state index contributed by atoms with van der Waals surface area (Å²) in [5, 5.41) is 5.72. The van der Waals surface area contributed by atoms with Gasteiger partial charge in [0.2, 0.25) is 0 Å². The third-order valence-electron chi connectivity index (χ3n) is 5.62. The zero-order chi connectivity index (χ0) is 22.7. The molecular weight excluding hydrogens is 447 g/mol. The number of carbonyl (C=O) groups is 1. The van der Waals surface area contributed by atoms with Gasteiger partial charge < -0.3 is 9.64 Å². The van der Waals surface area contributed by atoms with Crippen LogP contribution in [0.2, 0.25) is 10.0 Å². The van der Waals surface area contributed by atoms with Crippen molar-refractivity contribution in [3.63, 3.8) is 0 Å². The maximum Gasteiger partial charge on any atom is 0.274 e. The number of nitrogens with zero attached hydrogens (tertiary/aromatic N) is 4. The fraction of sp³-hybridized carbons (Fsp3) is 0.333. The number of amides is 1. The molecule has 1 aromatic heterocycles. The lowest BCUT2D eigenvalue weighted by Crippen LogP contribution is -2.48. The molecule has 1 fully saturated rings. The van der Waals surface area contributed by atoms with E-state index in [-0.39, 0.29) is 12.6 Å². The summed E-state index contributed by atoms with van der Waals surface area (Å²) >= 11 is 12.3. The summed E-state index contributed by atoms with van der Waals surface area (Å²) in [5.41, 5.74) is 3.68. The fourth-order valence-electron chi connectivity index (χ4n) is 3.71. The maximum absolute atomic E-state index is 12.9. The Morgan fingerprint density at radius 3 is 2.56 bits per heavy atom. The van der Waals surface area contributed by atoms with E-state index in [0.717, 1.165) is 42.1 Å². The van der Waals surface area contributed by atoms with Crippen LogP contribution in [-0.4, -0.2) is 51.7 Å². The number of rotatable bonds is 6. The first-order chi connectivity index (χ1) is 15.4. The molecule has 1 amide bonds. The summed E-state index contributed by atoms with van der Waals surface area (Å²) in [6.07, 6.45) is 1.77. The second kappa shape index (κ2) is 9.94. The lowest BCUT2D eigenvalue weighted by Gasteiger charge is -2.34. The second-order valence-corrected chi connectivity index (χ2v) is 8.93. The molecule has 6 nitrogen and oxygen atoms in total. The van der Waals surface area contributed by atoms with Crippen LogP contribution >= 0.6 is 23.2 Å². The van der Waals surface area contributed by atoms with E-state index in [9.17, 15) is 4.79 Å². The molecule has 0 saturated carbocycles. The number of hydrogen-bond acceptors (Lipinski definition) is 4. The van der Waals surface area contributed by atoms with Crippen LogP contribution < -0.4 is 4.74 Å². The number of benzene rings is 2. The van der Waals surface area contributed by atoms with Crippen LogP contribution in [0.3, 0.4) is 0 Å². The van der Waals surface area contributed by atoms with Gasteiger partial charge in [-0.15, -0.1) is 0 Å². The Labute approximate surface area is 198 Å². The molecule has 8 heteroatoms. The molecule has 0 aliphatic carbocycles. The molecule has 1 aliphatic rings. The van der Waals surface area contributed by atoms with Crippen LogP contribution in [-0.2, 0) is 13.3 Å². The molecule has 0 radical (unpaired) electrons. The molecule has 1 aliphatic heterocycles. The van der Waals surface area contributed by atoms with E-state index < -0.39 is 0 Å². The lowest BCUT2D eigenvalue weighted by molar-refractivity contribution is 0.0621. The number of ether oxygens (including phenoxy) is 1. The summed E-state index contributed by atoms with van der Waals surface area (Å²) in [7, 11) is 0. The molecule has 0 spiro atoms. The first-order valence-electron chi connectivity index (χ1n) is 10.6. The Bertz CT molecular complexity index is 1110. The predicted molar refractivity (Wildman–Crippen MR) is 126 cm³/mol. The molecule has 1 saturated heterocycles. The zero-order valence-corrected chi connectivity index (χ0v) is 19.7. The Hall–Kier alpha value is -2.54. The average molecular weight is 473 g/mol. The van der Waals surface area contributed by atoms with Gasteiger partial charge in [0.25, 0.3) is 5.91 Å². The van der Waals surface area contributed by atoms with Gasteiger partial charge in [0.1, 0.15) is 5.75 Å². The summed E-state index contributed by atoms with van der Waals surface area (Å²) in [6.45, 7) is 7.89. The SMILES string of the molecule is Cc1ccc(C)c(OCn2ccc(C(=O)N3CCN(Cc4ccc(Cl)cc4Cl)CC3)n2)c1. The molecule has 0 bridgehead atoms. The quantitative estimate of drug-likeness (QED) is 0.516. The molecule has 4 rings (SSSR count). The maximum atomic E-state index is 12.9. The molecule has 32 heavy (non-hydrogen) atoms. The predicted octanol–water partition coefficient (Wildman–Crippen LogP) is 4.80. The molecule has 2 heterocycles. The summed E-state index contributed by atoms with van der Waals surface area (Å²) in [5.74, 6) is 0.768. The van der Waals surface area contributed by atoms with Crippen molar-refractivity contribution in [1.82, 2.24) is 19.6 Å². The normalized spacial score (nSPS) is 14.6. The first kappa shape index (κ1) is 22.6. The van der Waals surface area contributed by atoms with E-state index in [1.807, 2.05) is 43.0 Å². The van der Waals surface area contributed by atoms with Gasteiger partial charge in [-0.3, -0.25) is 9.69 Å². The van der Waals surface area contributed by atoms with E-state index in [4.69, 9.17) is 27.9 Å². The summed E-state index contributed by atoms with van der Waals surface area (Å²) in [4.78, 5) is 17.0. The highest BCUT2D eigenvalue weighted by Gasteiger charge is 2.24. The van der Waals surface area contributed by atoms with Gasteiger partial charge >= 0.3 is 0 Å². The number of aromatic nitrogens is 2. The lowest BCUT2D eigenvalue weighted by atomic mass is 10.1. The smallest absolute Gasteiger partial charge is 0.274 e. The van der Waals surface area contributed by atoms with Crippen molar-refractivity contribution in [3.8, 4) is 5.75 Å². The van der Waals surface area contributed by atoms with Crippen molar-refractivity contribution >= 4 is 29.1 Å². The van der Waals surface area contributed by atoms with Gasteiger partial charge in [0.15, 0.2) is 12.4 Å². The van der Waals surface area contributed by atoms with Gasteiger partial charge in [-0.1, -0.05) is 41.4 Å². The van der Waals surface area contributed by atoms with Crippen LogP contribution in [0.1, 0.15) is 27.2 Å². The van der Waals surface area contributed by atoms with Crippen molar-refractivity contribution in [1.29, 1.82) is 0 Å². The zero-order valence-electron chi connectivity index (χ0n) is 18.2. The molecule has 0 N–H and O–H groups in total. The molecular formula is C24H26Cl2N4O2. The summed E-state index contributed by atoms with van der Waals surface area (Å²) < 4.78 is 7.53. The van der Waals surface area contributed by atoms with Crippen LogP contribution in [0.25, 0.3) is 0 Å². The highest BCUT2D eigenvalue weighted by molar-refractivity contribution is 6.35. The van der Waals surface area contributed by atoms with Crippen molar-refractivity contribution in [3.05, 3.63) is 81.1 Å². The number of hydrogen-bond donors (Lipinski definition) is 0. The number of carbonyl (C=O) groups excluding carboxylic acids is 1. The van der Waals surface area contributed by atoms with Crippen molar-refractivity contribution in [2.24, 2.45) is 0 Å². The third-order valence-corrected chi connectivity index (χ3v) is 6.21. The molecule has 168 valence electrons. The van der Waals surface area contributed by atoms with Crippen molar-refractivity contribution in [2.45, 2.75) is 27.1 Å². The van der Waals surface area contributed by atoms with Gasteiger partial charge in [-0.05, 0) is 54.8 Å². The van der Waals surface area contributed by atoms with E-state index in [0.29, 0.717) is 28.8 Å². The van der Waals surface area contributed by atoms with Crippen molar-refractivity contribution < 1.29 is 9.53 Å². The first-order valence-corrected chi connectivity index (χ1v) is 11.3. The van der Waals surface area contributed by atoms with Crippen molar-refractivity contribution in [2.75, 3.05) is 26.2 Å². The Morgan fingerprint density at radius 2 is 1.81 bits per heavy atom. The molecule has 0 atom stereocenters. The number of piperazine rings is 1. The number of aryl methyl sites for hydroxylation is 2. The van der Waals surface area contributed by atoms with E-state index in [2.05, 4.69) is 16.1 Å². The topological polar surface area (TPSA) is 50.6 Å². The van der Waals surface area contributed by atoms with Gasteiger partial charge in [0, 0.05) is 49.0 Å². The van der Waals surface area contributed by atoms with Crippen LogP contribution in [0, 0.1) is 13.8 Å². The third kappa shape index (κ3) is 5.44. The van der Waals surface area contributed by atoms with E-state index >= 15 is 0 Å². The minimum absolute atomic E-state index is 0.0559. The average Bonchev–Trinajstić information content (AvgIpc) is 3.25. The van der Waals surface area contributed by atoms with Gasteiger partial charge in [0.05, 0.1) is 0 Å². The Kier molecular flexibility index (Phi) is 7.04. The minimum Gasteiger partial charge on any atom is -0.471 e. The standard InChI is InChI=1S/C24H26Cl2N4O2/c1-17-3-4-18(2)23(13-17)32-16-30-8-7-22(27-30)24(31)29-11-9-28(10-12-29)15-19-5-6-20(25)14-21(19)26/h3-8,13-14H,9-12,15-16H2,1-2H3. The van der Waals surface area contributed by atoms with Crippen LogP contribution in [0.15, 0.2) is 48.7 Å². The Morgan fingerprint density at radius 1 is 1.03 bits per heavy atom. The monoisotopic (exact) mass is 472 g/mol. The largest absolute Gasteiger partial charge is 0.471 e. The highest BCUT2D eigenvalue weighted by Crippen LogP contribution is 2.23. The van der Waals surface area contributed by atoms with E-state index in [1.165, 1.54) is 0 Å². The highest BCUT2D eigenvalue weighted by atomic mass is 35.5. The molecule has 2 aromatic carbocycles.